The molecule has 1 amide bonds. The fourth-order valence-corrected chi connectivity index (χ4v) is 1.55. The molecule has 0 heterocycles. The third-order valence-corrected chi connectivity index (χ3v) is 2.91. The molecule has 0 saturated carbocycles. The van der Waals surface area contributed by atoms with Gasteiger partial charge in [0.1, 0.15) is 0 Å². The Labute approximate surface area is 116 Å². The van der Waals surface area contributed by atoms with Crippen molar-refractivity contribution in [3.05, 3.63) is 29.8 Å². The molecule has 0 radical (unpaired) electrons. The lowest BCUT2D eigenvalue weighted by Crippen LogP contribution is -2.32. The van der Waals surface area contributed by atoms with Gasteiger partial charge < -0.3 is 10.6 Å². The maximum absolute atomic E-state index is 12.4. The minimum atomic E-state index is -4.32. The average molecular weight is 288 g/mol. The number of anilines is 1. The summed E-state index contributed by atoms with van der Waals surface area (Å²) in [6.07, 6.45) is -3.18. The molecule has 0 aliphatic rings. The maximum Gasteiger partial charge on any atom is 0.416 e. The van der Waals surface area contributed by atoms with Crippen LogP contribution in [-0.4, -0.2) is 18.5 Å². The van der Waals surface area contributed by atoms with Crippen LogP contribution >= 0.6 is 0 Å². The van der Waals surface area contributed by atoms with E-state index in [9.17, 15) is 18.0 Å². The molecule has 0 saturated heterocycles. The Bertz CT molecular complexity index is 429. The van der Waals surface area contributed by atoms with Crippen molar-refractivity contribution >= 4 is 11.6 Å². The smallest absolute Gasteiger partial charge is 0.385 e. The van der Waals surface area contributed by atoms with Gasteiger partial charge in [-0.25, -0.2) is 0 Å². The molecule has 1 aromatic rings. The molecule has 0 bridgehead atoms. The normalized spacial score (nSPS) is 12.8. The van der Waals surface area contributed by atoms with Crippen LogP contribution in [0.4, 0.5) is 18.9 Å². The number of halogens is 3. The van der Waals surface area contributed by atoms with Crippen molar-refractivity contribution in [3.63, 3.8) is 0 Å². The number of carbonyl (C=O) groups excluding carboxylic acids is 1. The van der Waals surface area contributed by atoms with Crippen molar-refractivity contribution < 1.29 is 18.0 Å². The SMILES string of the molecule is CCC(C)NC(=O)CCNc1ccc(C(F)(F)F)cc1. The van der Waals surface area contributed by atoms with E-state index in [1.807, 2.05) is 13.8 Å². The summed E-state index contributed by atoms with van der Waals surface area (Å²) in [5.74, 6) is -0.0706. The van der Waals surface area contributed by atoms with Crippen LogP contribution in [0.25, 0.3) is 0 Å². The molecule has 0 aromatic heterocycles. The van der Waals surface area contributed by atoms with E-state index in [1.54, 1.807) is 0 Å². The second-order valence-corrected chi connectivity index (χ2v) is 4.63. The van der Waals surface area contributed by atoms with Crippen LogP contribution in [0.3, 0.4) is 0 Å². The number of nitrogens with one attached hydrogen (secondary N) is 2. The van der Waals surface area contributed by atoms with Crippen LogP contribution in [0.15, 0.2) is 24.3 Å². The van der Waals surface area contributed by atoms with Crippen LogP contribution in [0, 0.1) is 0 Å². The summed E-state index contributed by atoms with van der Waals surface area (Å²) < 4.78 is 37.1. The van der Waals surface area contributed by atoms with Crippen LogP contribution in [0.2, 0.25) is 0 Å². The zero-order valence-electron chi connectivity index (χ0n) is 11.6. The zero-order valence-corrected chi connectivity index (χ0v) is 11.6. The molecule has 0 aliphatic heterocycles. The maximum atomic E-state index is 12.4. The molecule has 0 fully saturated rings. The summed E-state index contributed by atoms with van der Waals surface area (Å²) in [7, 11) is 0. The van der Waals surface area contributed by atoms with E-state index in [-0.39, 0.29) is 18.4 Å². The van der Waals surface area contributed by atoms with E-state index >= 15 is 0 Å². The van der Waals surface area contributed by atoms with Crippen molar-refractivity contribution in [2.45, 2.75) is 38.9 Å². The topological polar surface area (TPSA) is 41.1 Å². The van der Waals surface area contributed by atoms with Gasteiger partial charge in [0.15, 0.2) is 0 Å². The lowest BCUT2D eigenvalue weighted by atomic mass is 10.2. The Kier molecular flexibility index (Phi) is 5.85. The van der Waals surface area contributed by atoms with Gasteiger partial charge in [0.05, 0.1) is 5.56 Å². The van der Waals surface area contributed by atoms with Crippen LogP contribution in [0.1, 0.15) is 32.3 Å². The third-order valence-electron chi connectivity index (χ3n) is 2.91. The Hall–Kier alpha value is -1.72. The summed E-state index contributed by atoms with van der Waals surface area (Å²) in [5, 5.41) is 5.73. The van der Waals surface area contributed by atoms with Gasteiger partial charge >= 0.3 is 6.18 Å². The first-order valence-corrected chi connectivity index (χ1v) is 6.53. The summed E-state index contributed by atoms with van der Waals surface area (Å²) in [5.41, 5.74) is -0.119. The van der Waals surface area contributed by atoms with Gasteiger partial charge in [-0.15, -0.1) is 0 Å². The standard InChI is InChI=1S/C14H19F3N2O/c1-3-10(2)19-13(20)8-9-18-12-6-4-11(5-7-12)14(15,16)17/h4-7,10,18H,3,8-9H2,1-2H3,(H,19,20). The minimum absolute atomic E-state index is 0.0706. The fourth-order valence-electron chi connectivity index (χ4n) is 1.55. The molecule has 112 valence electrons. The molecule has 1 atom stereocenters. The molecule has 2 N–H and O–H groups in total. The Morgan fingerprint density at radius 2 is 1.85 bits per heavy atom. The van der Waals surface area contributed by atoms with Gasteiger partial charge in [-0.3, -0.25) is 4.79 Å². The number of carbonyl (C=O) groups is 1. The predicted octanol–water partition coefficient (Wildman–Crippen LogP) is 3.42. The number of hydrogen-bond acceptors (Lipinski definition) is 2. The molecule has 6 heteroatoms. The van der Waals surface area contributed by atoms with E-state index < -0.39 is 11.7 Å². The van der Waals surface area contributed by atoms with Crippen LogP contribution < -0.4 is 10.6 Å². The summed E-state index contributed by atoms with van der Waals surface area (Å²) >= 11 is 0. The van der Waals surface area contributed by atoms with Crippen molar-refractivity contribution in [2.75, 3.05) is 11.9 Å². The van der Waals surface area contributed by atoms with Crippen LogP contribution in [-0.2, 0) is 11.0 Å². The average Bonchev–Trinajstić information content (AvgIpc) is 2.38. The van der Waals surface area contributed by atoms with Crippen molar-refractivity contribution in [3.8, 4) is 0 Å². The minimum Gasteiger partial charge on any atom is -0.385 e. The summed E-state index contributed by atoms with van der Waals surface area (Å²) in [6, 6.07) is 4.88. The highest BCUT2D eigenvalue weighted by Gasteiger charge is 2.29. The second-order valence-electron chi connectivity index (χ2n) is 4.63. The summed E-state index contributed by atoms with van der Waals surface area (Å²) in [4.78, 5) is 11.5. The second kappa shape index (κ2) is 7.17. The highest BCUT2D eigenvalue weighted by molar-refractivity contribution is 5.76. The number of alkyl halides is 3. The first kappa shape index (κ1) is 16.3. The van der Waals surface area contributed by atoms with Gasteiger partial charge in [-0.2, -0.15) is 13.2 Å². The van der Waals surface area contributed by atoms with E-state index in [4.69, 9.17) is 0 Å². The van der Waals surface area contributed by atoms with Gasteiger partial charge in [0.25, 0.3) is 0 Å². The number of amides is 1. The number of rotatable bonds is 6. The third kappa shape index (κ3) is 5.50. The number of hydrogen-bond donors (Lipinski definition) is 2. The largest absolute Gasteiger partial charge is 0.416 e. The molecule has 1 unspecified atom stereocenters. The highest BCUT2D eigenvalue weighted by Crippen LogP contribution is 2.29. The molecule has 0 spiro atoms. The van der Waals surface area contributed by atoms with E-state index in [1.165, 1.54) is 12.1 Å². The van der Waals surface area contributed by atoms with E-state index in [0.29, 0.717) is 12.2 Å². The molecule has 20 heavy (non-hydrogen) atoms. The fraction of sp³-hybridized carbons (Fsp3) is 0.500. The quantitative estimate of drug-likeness (QED) is 0.842. The van der Waals surface area contributed by atoms with Gasteiger partial charge in [0.2, 0.25) is 5.91 Å². The molecule has 3 nitrogen and oxygen atoms in total. The zero-order chi connectivity index (χ0) is 15.2. The first-order valence-electron chi connectivity index (χ1n) is 6.53. The van der Waals surface area contributed by atoms with Gasteiger partial charge in [-0.05, 0) is 37.6 Å². The summed E-state index contributed by atoms with van der Waals surface area (Å²) in [6.45, 7) is 4.28. The first-order chi connectivity index (χ1) is 9.32. The molecular weight excluding hydrogens is 269 g/mol. The monoisotopic (exact) mass is 288 g/mol. The molecule has 1 aromatic carbocycles. The van der Waals surface area contributed by atoms with Crippen LogP contribution in [0.5, 0.6) is 0 Å². The molecular formula is C14H19F3N2O. The van der Waals surface area contributed by atoms with Gasteiger partial charge in [-0.1, -0.05) is 6.92 Å². The van der Waals surface area contributed by atoms with Gasteiger partial charge in [0, 0.05) is 24.7 Å². The Morgan fingerprint density at radius 3 is 2.35 bits per heavy atom. The van der Waals surface area contributed by atoms with Crippen molar-refractivity contribution in [1.29, 1.82) is 0 Å². The molecule has 0 aliphatic carbocycles. The Balaban J connectivity index is 2.37. The lowest BCUT2D eigenvalue weighted by Gasteiger charge is -2.12. The Morgan fingerprint density at radius 1 is 1.25 bits per heavy atom. The predicted molar refractivity (Wildman–Crippen MR) is 72.4 cm³/mol. The lowest BCUT2D eigenvalue weighted by molar-refractivity contribution is -0.137. The number of benzene rings is 1. The van der Waals surface area contributed by atoms with Crippen molar-refractivity contribution in [1.82, 2.24) is 5.32 Å². The van der Waals surface area contributed by atoms with E-state index in [2.05, 4.69) is 10.6 Å². The molecule has 1 rings (SSSR count). The highest BCUT2D eigenvalue weighted by atomic mass is 19.4. The van der Waals surface area contributed by atoms with E-state index in [0.717, 1.165) is 18.6 Å². The van der Waals surface area contributed by atoms with Crippen molar-refractivity contribution in [2.24, 2.45) is 0 Å².